The Labute approximate surface area is 150 Å². The average Bonchev–Trinajstić information content (AvgIpc) is 2.75. The van der Waals surface area contributed by atoms with Crippen molar-refractivity contribution in [1.82, 2.24) is 9.80 Å². The van der Waals surface area contributed by atoms with Crippen molar-refractivity contribution in [2.24, 2.45) is 0 Å². The lowest BCUT2D eigenvalue weighted by Crippen LogP contribution is -2.63. The molecule has 0 spiro atoms. The number of likely N-dealkylation sites (tertiary alicyclic amines) is 1. The van der Waals surface area contributed by atoms with E-state index in [0.717, 1.165) is 32.5 Å². The van der Waals surface area contributed by atoms with Gasteiger partial charge in [0.1, 0.15) is 5.60 Å². The van der Waals surface area contributed by atoms with Gasteiger partial charge < -0.3 is 4.74 Å². The number of piperazine rings is 1. The highest BCUT2D eigenvalue weighted by Gasteiger charge is 2.54. The smallest absolute Gasteiger partial charge is 0.411 e. The van der Waals surface area contributed by atoms with Gasteiger partial charge in [-0.15, -0.1) is 0 Å². The van der Waals surface area contributed by atoms with Gasteiger partial charge in [0.25, 0.3) is 0 Å². The van der Waals surface area contributed by atoms with E-state index in [2.05, 4.69) is 23.1 Å². The maximum atomic E-state index is 12.8. The topological polar surface area (TPSA) is 56.6 Å². The van der Waals surface area contributed by atoms with Crippen molar-refractivity contribution in [2.45, 2.75) is 63.8 Å². The van der Waals surface area contributed by atoms with Crippen molar-refractivity contribution in [3.05, 3.63) is 35.9 Å². The van der Waals surface area contributed by atoms with Crippen molar-refractivity contribution in [3.63, 3.8) is 0 Å². The quantitative estimate of drug-likeness (QED) is 0.843. The number of nitrogens with zero attached hydrogens (tertiary/aromatic N) is 3. The number of hydrogen-bond acceptors (Lipinski definition) is 4. The molecular weight excluding hydrogens is 314 g/mol. The van der Waals surface area contributed by atoms with Crippen LogP contribution in [0.4, 0.5) is 4.79 Å². The van der Waals surface area contributed by atoms with Gasteiger partial charge in [0.05, 0.1) is 18.0 Å². The van der Waals surface area contributed by atoms with Crippen LogP contribution in [0.1, 0.15) is 45.6 Å². The van der Waals surface area contributed by atoms with Crippen LogP contribution in [-0.4, -0.2) is 46.2 Å². The van der Waals surface area contributed by atoms with Crippen LogP contribution in [0.3, 0.4) is 0 Å². The van der Waals surface area contributed by atoms with Gasteiger partial charge in [0, 0.05) is 25.7 Å². The van der Waals surface area contributed by atoms with Crippen LogP contribution in [0.15, 0.2) is 30.3 Å². The molecule has 2 saturated heterocycles. The molecule has 5 heteroatoms. The van der Waals surface area contributed by atoms with E-state index in [1.54, 1.807) is 0 Å². The highest BCUT2D eigenvalue weighted by Crippen LogP contribution is 2.42. The molecule has 0 aliphatic carbocycles. The van der Waals surface area contributed by atoms with Crippen molar-refractivity contribution < 1.29 is 9.53 Å². The molecule has 2 aliphatic rings. The maximum Gasteiger partial charge on any atom is 0.411 e. The predicted molar refractivity (Wildman–Crippen MR) is 95.8 cm³/mol. The molecule has 134 valence electrons. The first-order valence-electron chi connectivity index (χ1n) is 8.99. The fourth-order valence-corrected chi connectivity index (χ4v) is 4.17. The molecule has 1 amide bonds. The molecule has 25 heavy (non-hydrogen) atoms. The number of amides is 1. The van der Waals surface area contributed by atoms with Gasteiger partial charge in [0.2, 0.25) is 0 Å². The van der Waals surface area contributed by atoms with Crippen molar-refractivity contribution in [2.75, 3.05) is 13.1 Å². The minimum Gasteiger partial charge on any atom is -0.444 e. The molecule has 0 saturated carbocycles. The van der Waals surface area contributed by atoms with E-state index in [4.69, 9.17) is 4.74 Å². The second-order valence-corrected chi connectivity index (χ2v) is 8.26. The summed E-state index contributed by atoms with van der Waals surface area (Å²) in [5, 5.41) is 9.39. The van der Waals surface area contributed by atoms with Gasteiger partial charge in [-0.25, -0.2) is 4.79 Å². The Morgan fingerprint density at radius 1 is 1.36 bits per heavy atom. The number of fused-ring (bicyclic) bond motifs is 2. The van der Waals surface area contributed by atoms with Crippen molar-refractivity contribution in [3.8, 4) is 6.07 Å². The Kier molecular flexibility index (Phi) is 4.75. The van der Waals surface area contributed by atoms with Crippen LogP contribution in [-0.2, 0) is 11.3 Å². The van der Waals surface area contributed by atoms with Crippen molar-refractivity contribution in [1.29, 1.82) is 5.26 Å². The first-order chi connectivity index (χ1) is 11.8. The monoisotopic (exact) mass is 341 g/mol. The first kappa shape index (κ1) is 17.8. The van der Waals surface area contributed by atoms with Crippen molar-refractivity contribution >= 4 is 6.09 Å². The van der Waals surface area contributed by atoms with Gasteiger partial charge in [0.15, 0.2) is 0 Å². The highest BCUT2D eigenvalue weighted by atomic mass is 16.6. The van der Waals surface area contributed by atoms with Crippen LogP contribution in [0.2, 0.25) is 0 Å². The summed E-state index contributed by atoms with van der Waals surface area (Å²) in [6.45, 7) is 8.07. The van der Waals surface area contributed by atoms with Crippen LogP contribution >= 0.6 is 0 Å². The van der Waals surface area contributed by atoms with Gasteiger partial charge in [-0.3, -0.25) is 9.80 Å². The molecule has 0 N–H and O–H groups in total. The zero-order chi connectivity index (χ0) is 18.1. The summed E-state index contributed by atoms with van der Waals surface area (Å²) < 4.78 is 5.64. The summed E-state index contributed by atoms with van der Waals surface area (Å²) in [6.07, 6.45) is 1.89. The van der Waals surface area contributed by atoms with E-state index in [0.29, 0.717) is 6.42 Å². The zero-order valence-corrected chi connectivity index (χ0v) is 15.4. The Hall–Kier alpha value is -2.06. The molecule has 2 fully saturated rings. The molecule has 1 aromatic rings. The summed E-state index contributed by atoms with van der Waals surface area (Å²) >= 11 is 0. The summed E-state index contributed by atoms with van der Waals surface area (Å²) in [4.78, 5) is 17.1. The predicted octanol–water partition coefficient (Wildman–Crippen LogP) is 3.55. The second-order valence-electron chi connectivity index (χ2n) is 8.26. The van der Waals surface area contributed by atoms with Crippen LogP contribution in [0.5, 0.6) is 0 Å². The molecule has 1 aromatic carbocycles. The number of rotatable bonds is 3. The van der Waals surface area contributed by atoms with E-state index >= 15 is 0 Å². The molecule has 3 rings (SSSR count). The van der Waals surface area contributed by atoms with Crippen LogP contribution in [0.25, 0.3) is 0 Å². The standard InChI is InChI=1S/C20H27N3O2/c1-19(2,3)25-18(24)23-17-9-10-20(23,11-12-21)15-22(14-17)13-16-7-5-4-6-8-16/h4-8,17H,9-11,13-15H2,1-3H3. The van der Waals surface area contributed by atoms with E-state index in [-0.39, 0.29) is 12.1 Å². The maximum absolute atomic E-state index is 12.8. The van der Waals surface area contributed by atoms with E-state index in [1.807, 2.05) is 43.9 Å². The molecule has 2 aliphatic heterocycles. The Morgan fingerprint density at radius 2 is 2.08 bits per heavy atom. The molecule has 2 atom stereocenters. The number of ether oxygens (including phenoxy) is 1. The first-order valence-corrected chi connectivity index (χ1v) is 8.99. The molecule has 2 unspecified atom stereocenters. The fraction of sp³-hybridized carbons (Fsp3) is 0.600. The molecule has 0 radical (unpaired) electrons. The summed E-state index contributed by atoms with van der Waals surface area (Å²) in [7, 11) is 0. The Bertz CT molecular complexity index is 662. The third-order valence-corrected chi connectivity index (χ3v) is 5.05. The number of carbonyl (C=O) groups excluding carboxylic acids is 1. The average molecular weight is 341 g/mol. The molecule has 5 nitrogen and oxygen atoms in total. The van der Waals surface area contributed by atoms with E-state index < -0.39 is 11.1 Å². The third kappa shape index (κ3) is 3.80. The summed E-state index contributed by atoms with van der Waals surface area (Å²) in [5.41, 5.74) is 0.319. The lowest BCUT2D eigenvalue weighted by atomic mass is 9.91. The highest BCUT2D eigenvalue weighted by molar-refractivity contribution is 5.70. The van der Waals surface area contributed by atoms with E-state index in [9.17, 15) is 10.1 Å². The number of nitriles is 1. The van der Waals surface area contributed by atoms with Gasteiger partial charge in [-0.2, -0.15) is 5.26 Å². The van der Waals surface area contributed by atoms with Gasteiger partial charge in [-0.05, 0) is 39.2 Å². The minimum atomic E-state index is -0.522. The van der Waals surface area contributed by atoms with E-state index in [1.165, 1.54) is 5.56 Å². The molecule has 2 bridgehead atoms. The third-order valence-electron chi connectivity index (χ3n) is 5.05. The number of hydrogen-bond donors (Lipinski definition) is 0. The normalized spacial score (nSPS) is 26.3. The Morgan fingerprint density at radius 3 is 2.72 bits per heavy atom. The Balaban J connectivity index is 1.79. The van der Waals surface area contributed by atoms with Crippen LogP contribution in [0, 0.1) is 11.3 Å². The lowest BCUT2D eigenvalue weighted by molar-refractivity contribution is -0.0336. The molecular formula is C20H27N3O2. The number of benzene rings is 1. The second kappa shape index (κ2) is 6.68. The molecule has 2 heterocycles. The lowest BCUT2D eigenvalue weighted by Gasteiger charge is -2.48. The van der Waals surface area contributed by atoms with Crippen LogP contribution < -0.4 is 0 Å². The summed E-state index contributed by atoms with van der Waals surface area (Å²) in [5.74, 6) is 0. The molecule has 0 aromatic heterocycles. The number of carbonyl (C=O) groups is 1. The summed E-state index contributed by atoms with van der Waals surface area (Å²) in [6, 6.07) is 12.8. The fourth-order valence-electron chi connectivity index (χ4n) is 4.17. The minimum absolute atomic E-state index is 0.126. The van der Waals surface area contributed by atoms with Gasteiger partial charge in [-0.1, -0.05) is 30.3 Å². The largest absolute Gasteiger partial charge is 0.444 e. The van der Waals surface area contributed by atoms with Gasteiger partial charge >= 0.3 is 6.09 Å². The SMILES string of the molecule is CC(C)(C)OC(=O)N1C2CCC1(CC#N)CN(Cc1ccccc1)C2. The zero-order valence-electron chi connectivity index (χ0n) is 15.4.